The molecule has 19 heavy (non-hydrogen) atoms. The molecule has 0 saturated carbocycles. The molecule has 2 nitrogen and oxygen atoms in total. The maximum Gasteiger partial charge on any atom is 0.134 e. The Labute approximate surface area is 117 Å². The second kappa shape index (κ2) is 4.98. The largest absolute Gasteiger partial charge is 0.461 e. The number of aryl methyl sites for hydroxylation is 1. The van der Waals surface area contributed by atoms with Crippen LogP contribution < -0.4 is 5.32 Å². The number of hydrogen-bond donors (Lipinski definition) is 1. The highest BCUT2D eigenvalue weighted by Crippen LogP contribution is 2.27. The molecule has 1 heterocycles. The highest BCUT2D eigenvalue weighted by Gasteiger charge is 2.10. The number of hydrogen-bond acceptors (Lipinski definition) is 2. The van der Waals surface area contributed by atoms with Crippen molar-refractivity contribution in [1.29, 1.82) is 0 Å². The summed E-state index contributed by atoms with van der Waals surface area (Å²) in [4.78, 5) is 0. The Morgan fingerprint density at radius 2 is 1.79 bits per heavy atom. The Balaban J connectivity index is 1.90. The van der Waals surface area contributed by atoms with Gasteiger partial charge in [-0.05, 0) is 25.1 Å². The summed E-state index contributed by atoms with van der Waals surface area (Å²) in [5, 5.41) is 5.24. The topological polar surface area (TPSA) is 25.2 Å². The summed E-state index contributed by atoms with van der Waals surface area (Å²) in [5.74, 6) is 0.945. The van der Waals surface area contributed by atoms with E-state index in [1.165, 1.54) is 5.56 Å². The number of benzene rings is 2. The zero-order valence-corrected chi connectivity index (χ0v) is 11.4. The molecule has 0 atom stereocenters. The van der Waals surface area contributed by atoms with E-state index in [0.29, 0.717) is 6.54 Å². The minimum absolute atomic E-state index is 0.701. The Hall–Kier alpha value is -1.93. The molecule has 96 valence electrons. The molecule has 0 spiro atoms. The van der Waals surface area contributed by atoms with Crippen molar-refractivity contribution in [1.82, 2.24) is 0 Å². The number of rotatable bonds is 3. The molecule has 3 rings (SSSR count). The smallest absolute Gasteiger partial charge is 0.134 e. The number of nitrogens with one attached hydrogen (secondary N) is 1. The predicted octanol–water partition coefficient (Wildman–Crippen LogP) is 5.01. The Morgan fingerprint density at radius 3 is 2.63 bits per heavy atom. The first-order valence-corrected chi connectivity index (χ1v) is 6.59. The van der Waals surface area contributed by atoms with Crippen molar-refractivity contribution in [2.45, 2.75) is 13.5 Å². The first-order valence-electron chi connectivity index (χ1n) is 6.21. The molecule has 0 saturated heterocycles. The molecule has 3 aromatic rings. The number of para-hydroxylation sites is 2. The molecule has 1 aromatic heterocycles. The van der Waals surface area contributed by atoms with E-state index in [9.17, 15) is 0 Å². The molecule has 1 N–H and O–H groups in total. The van der Waals surface area contributed by atoms with E-state index in [4.69, 9.17) is 16.0 Å². The maximum absolute atomic E-state index is 6.14. The van der Waals surface area contributed by atoms with Gasteiger partial charge in [-0.2, -0.15) is 0 Å². The molecule has 0 bridgehead atoms. The predicted molar refractivity (Wildman–Crippen MR) is 79.7 cm³/mol. The average Bonchev–Trinajstić information content (AvgIpc) is 2.74. The summed E-state index contributed by atoms with van der Waals surface area (Å²) in [7, 11) is 0. The fraction of sp³-hybridized carbons (Fsp3) is 0.125. The quantitative estimate of drug-likeness (QED) is 0.725. The first-order chi connectivity index (χ1) is 9.25. The summed E-state index contributed by atoms with van der Waals surface area (Å²) >= 11 is 6.14. The maximum atomic E-state index is 6.14. The molecule has 0 radical (unpaired) electrons. The van der Waals surface area contributed by atoms with Gasteiger partial charge >= 0.3 is 0 Å². The van der Waals surface area contributed by atoms with Crippen LogP contribution in [-0.4, -0.2) is 0 Å². The normalized spacial score (nSPS) is 10.8. The second-order valence-electron chi connectivity index (χ2n) is 4.47. The molecule has 0 fully saturated rings. The van der Waals surface area contributed by atoms with Crippen molar-refractivity contribution in [3.05, 3.63) is 64.9 Å². The van der Waals surface area contributed by atoms with E-state index in [1.54, 1.807) is 0 Å². The summed E-state index contributed by atoms with van der Waals surface area (Å²) in [6, 6.07) is 15.8. The monoisotopic (exact) mass is 271 g/mol. The molecule has 0 aliphatic heterocycles. The molecule has 0 unspecified atom stereocenters. The summed E-state index contributed by atoms with van der Waals surface area (Å²) in [6.07, 6.45) is 0. The van der Waals surface area contributed by atoms with E-state index in [0.717, 1.165) is 27.4 Å². The number of furan rings is 1. The SMILES string of the molecule is Cc1oc2ccccc2c1CNc1ccccc1Cl. The van der Waals surface area contributed by atoms with Gasteiger partial charge in [-0.15, -0.1) is 0 Å². The summed E-state index contributed by atoms with van der Waals surface area (Å²) in [6.45, 7) is 2.69. The van der Waals surface area contributed by atoms with E-state index in [1.807, 2.05) is 49.4 Å². The lowest BCUT2D eigenvalue weighted by Gasteiger charge is -2.07. The van der Waals surface area contributed by atoms with Gasteiger partial charge in [0.1, 0.15) is 11.3 Å². The van der Waals surface area contributed by atoms with Gasteiger partial charge in [-0.25, -0.2) is 0 Å². The lowest BCUT2D eigenvalue weighted by atomic mass is 10.1. The highest BCUT2D eigenvalue weighted by atomic mass is 35.5. The standard InChI is InChI=1S/C16H14ClNO/c1-11-13(12-6-2-5-9-16(12)19-11)10-18-15-8-4-3-7-14(15)17/h2-9,18H,10H2,1H3. The summed E-state index contributed by atoms with van der Waals surface area (Å²) in [5.41, 5.74) is 3.04. The van der Waals surface area contributed by atoms with Crippen molar-refractivity contribution < 1.29 is 4.42 Å². The van der Waals surface area contributed by atoms with Crippen molar-refractivity contribution in [3.63, 3.8) is 0 Å². The van der Waals surface area contributed by atoms with Crippen LogP contribution >= 0.6 is 11.6 Å². The first kappa shape index (κ1) is 12.1. The fourth-order valence-corrected chi connectivity index (χ4v) is 2.43. The van der Waals surface area contributed by atoms with Crippen LogP contribution in [0.1, 0.15) is 11.3 Å². The average molecular weight is 272 g/mol. The number of fused-ring (bicyclic) bond motifs is 1. The van der Waals surface area contributed by atoms with Gasteiger partial charge in [-0.1, -0.05) is 41.9 Å². The van der Waals surface area contributed by atoms with Crippen LogP contribution in [0, 0.1) is 6.92 Å². The van der Waals surface area contributed by atoms with Crippen LogP contribution in [0.3, 0.4) is 0 Å². The van der Waals surface area contributed by atoms with Crippen LogP contribution in [-0.2, 0) is 6.54 Å². The molecule has 0 aliphatic rings. The van der Waals surface area contributed by atoms with Gasteiger partial charge in [-0.3, -0.25) is 0 Å². The van der Waals surface area contributed by atoms with Crippen molar-refractivity contribution >= 4 is 28.3 Å². The third kappa shape index (κ3) is 2.32. The third-order valence-electron chi connectivity index (χ3n) is 3.23. The van der Waals surface area contributed by atoms with Crippen molar-refractivity contribution in [2.24, 2.45) is 0 Å². The zero-order valence-electron chi connectivity index (χ0n) is 10.6. The molecular formula is C16H14ClNO. The van der Waals surface area contributed by atoms with Crippen LogP contribution in [0.15, 0.2) is 52.9 Å². The highest BCUT2D eigenvalue weighted by molar-refractivity contribution is 6.33. The fourth-order valence-electron chi connectivity index (χ4n) is 2.23. The lowest BCUT2D eigenvalue weighted by molar-refractivity contribution is 0.573. The van der Waals surface area contributed by atoms with Crippen LogP contribution in [0.5, 0.6) is 0 Å². The minimum atomic E-state index is 0.701. The third-order valence-corrected chi connectivity index (χ3v) is 3.56. The van der Waals surface area contributed by atoms with E-state index < -0.39 is 0 Å². The number of halogens is 1. The minimum Gasteiger partial charge on any atom is -0.461 e. The van der Waals surface area contributed by atoms with Crippen LogP contribution in [0.4, 0.5) is 5.69 Å². The van der Waals surface area contributed by atoms with Crippen molar-refractivity contribution in [2.75, 3.05) is 5.32 Å². The Bertz CT molecular complexity index is 718. The van der Waals surface area contributed by atoms with Crippen molar-refractivity contribution in [3.8, 4) is 0 Å². The van der Waals surface area contributed by atoms with Gasteiger partial charge in [0.2, 0.25) is 0 Å². The van der Waals surface area contributed by atoms with Gasteiger partial charge in [0, 0.05) is 17.5 Å². The Kier molecular flexibility index (Phi) is 3.18. The van der Waals surface area contributed by atoms with Gasteiger partial charge in [0.05, 0.1) is 10.7 Å². The molecule has 2 aromatic carbocycles. The molecule has 0 amide bonds. The van der Waals surface area contributed by atoms with Gasteiger partial charge in [0.15, 0.2) is 0 Å². The number of anilines is 1. The van der Waals surface area contributed by atoms with Crippen LogP contribution in [0.25, 0.3) is 11.0 Å². The van der Waals surface area contributed by atoms with Gasteiger partial charge < -0.3 is 9.73 Å². The van der Waals surface area contributed by atoms with Crippen LogP contribution in [0.2, 0.25) is 5.02 Å². The lowest BCUT2D eigenvalue weighted by Crippen LogP contribution is -2.00. The summed E-state index contributed by atoms with van der Waals surface area (Å²) < 4.78 is 5.74. The second-order valence-corrected chi connectivity index (χ2v) is 4.87. The van der Waals surface area contributed by atoms with E-state index >= 15 is 0 Å². The Morgan fingerprint density at radius 1 is 1.05 bits per heavy atom. The molecule has 3 heteroatoms. The molecular weight excluding hydrogens is 258 g/mol. The molecule has 0 aliphatic carbocycles. The van der Waals surface area contributed by atoms with E-state index in [-0.39, 0.29) is 0 Å². The zero-order chi connectivity index (χ0) is 13.2. The van der Waals surface area contributed by atoms with Gasteiger partial charge in [0.25, 0.3) is 0 Å². The van der Waals surface area contributed by atoms with E-state index in [2.05, 4.69) is 11.4 Å².